The first-order valence-electron chi connectivity index (χ1n) is 6.39. The summed E-state index contributed by atoms with van der Waals surface area (Å²) in [6.45, 7) is 0. The van der Waals surface area contributed by atoms with Gasteiger partial charge in [-0.2, -0.15) is 0 Å². The van der Waals surface area contributed by atoms with Gasteiger partial charge in [0.05, 0.1) is 0 Å². The maximum absolute atomic E-state index is 11.8. The molecule has 0 unspecified atom stereocenters. The van der Waals surface area contributed by atoms with Gasteiger partial charge < -0.3 is 15.6 Å². The summed E-state index contributed by atoms with van der Waals surface area (Å²) >= 11 is 0. The van der Waals surface area contributed by atoms with Crippen LogP contribution in [-0.4, -0.2) is 23.2 Å². The summed E-state index contributed by atoms with van der Waals surface area (Å²) in [5.74, 6) is -0.115. The first-order chi connectivity index (χ1) is 8.65. The topological polar surface area (TPSA) is 72.5 Å². The van der Waals surface area contributed by atoms with E-state index in [0.29, 0.717) is 6.42 Å². The second-order valence-corrected chi connectivity index (χ2v) is 4.82. The van der Waals surface area contributed by atoms with Gasteiger partial charge in [-0.1, -0.05) is 12.1 Å². The molecule has 1 aromatic rings. The molecule has 1 atom stereocenters. The van der Waals surface area contributed by atoms with Crippen molar-refractivity contribution in [3.63, 3.8) is 0 Å². The number of phenolic OH excluding ortho intramolecular Hbond substituents is 1. The predicted molar refractivity (Wildman–Crippen MR) is 68.1 cm³/mol. The lowest BCUT2D eigenvalue weighted by atomic mass is 10.1. The van der Waals surface area contributed by atoms with Gasteiger partial charge in [0.15, 0.2) is 0 Å². The molecule has 2 rings (SSSR count). The van der Waals surface area contributed by atoms with Crippen molar-refractivity contribution in [1.29, 1.82) is 0 Å². The molecule has 98 valence electrons. The second kappa shape index (κ2) is 5.87. The van der Waals surface area contributed by atoms with E-state index < -0.39 is 6.04 Å². The predicted octanol–water partition coefficient (Wildman–Crippen LogP) is 1.75. The Morgan fingerprint density at radius 1 is 1.33 bits per heavy atom. The third-order valence-electron chi connectivity index (χ3n) is 3.28. The van der Waals surface area contributed by atoms with E-state index in [-0.39, 0.29) is 17.8 Å². The van der Waals surface area contributed by atoms with Crippen LogP contribution < -0.4 is 5.73 Å². The van der Waals surface area contributed by atoms with Crippen LogP contribution in [0, 0.1) is 0 Å². The van der Waals surface area contributed by atoms with Crippen molar-refractivity contribution < 1.29 is 14.6 Å². The first kappa shape index (κ1) is 12.9. The average Bonchev–Trinajstić information content (AvgIpc) is 2.85. The minimum absolute atomic E-state index is 0.0587. The van der Waals surface area contributed by atoms with E-state index in [0.717, 1.165) is 31.2 Å². The van der Waals surface area contributed by atoms with Crippen LogP contribution in [0.25, 0.3) is 0 Å². The Labute approximate surface area is 107 Å². The highest BCUT2D eigenvalue weighted by Crippen LogP contribution is 2.21. The molecule has 0 radical (unpaired) electrons. The molecule has 0 aromatic heterocycles. The zero-order chi connectivity index (χ0) is 13.0. The summed E-state index contributed by atoms with van der Waals surface area (Å²) in [5.41, 5.74) is 6.75. The van der Waals surface area contributed by atoms with Crippen molar-refractivity contribution in [2.45, 2.75) is 44.2 Å². The summed E-state index contributed by atoms with van der Waals surface area (Å²) in [6, 6.07) is 6.07. The third kappa shape index (κ3) is 3.47. The fourth-order valence-electron chi connectivity index (χ4n) is 2.23. The number of carbonyl (C=O) groups excluding carboxylic acids is 1. The van der Waals surface area contributed by atoms with Crippen molar-refractivity contribution in [2.75, 3.05) is 0 Å². The number of benzene rings is 1. The molecular formula is C14H19NO3. The molecule has 0 saturated heterocycles. The molecule has 0 heterocycles. The zero-order valence-electron chi connectivity index (χ0n) is 10.3. The summed E-state index contributed by atoms with van der Waals surface area (Å²) in [5, 5.41) is 9.17. The Balaban J connectivity index is 1.84. The fourth-order valence-corrected chi connectivity index (χ4v) is 2.23. The maximum atomic E-state index is 11.8. The van der Waals surface area contributed by atoms with E-state index in [1.54, 1.807) is 24.3 Å². The maximum Gasteiger partial charge on any atom is 0.323 e. The molecule has 1 saturated carbocycles. The number of aromatic hydroxyl groups is 1. The first-order valence-corrected chi connectivity index (χ1v) is 6.39. The highest BCUT2D eigenvalue weighted by molar-refractivity contribution is 5.76. The quantitative estimate of drug-likeness (QED) is 0.797. The highest BCUT2D eigenvalue weighted by Gasteiger charge is 2.23. The molecular weight excluding hydrogens is 230 g/mol. The van der Waals surface area contributed by atoms with E-state index in [1.807, 2.05) is 0 Å². The Morgan fingerprint density at radius 2 is 1.94 bits per heavy atom. The van der Waals surface area contributed by atoms with E-state index in [4.69, 9.17) is 15.6 Å². The number of esters is 1. The number of hydrogen-bond donors (Lipinski definition) is 2. The molecule has 3 N–H and O–H groups in total. The molecule has 0 aliphatic heterocycles. The van der Waals surface area contributed by atoms with Gasteiger partial charge in [-0.15, -0.1) is 0 Å². The monoisotopic (exact) mass is 249 g/mol. The lowest BCUT2D eigenvalue weighted by Crippen LogP contribution is -2.36. The Bertz CT molecular complexity index is 396. The molecule has 0 bridgehead atoms. The lowest BCUT2D eigenvalue weighted by molar-refractivity contribution is -0.150. The van der Waals surface area contributed by atoms with E-state index in [2.05, 4.69) is 0 Å². The van der Waals surface area contributed by atoms with Crippen molar-refractivity contribution in [3.05, 3.63) is 29.8 Å². The lowest BCUT2D eigenvalue weighted by Gasteiger charge is -2.15. The molecule has 1 aromatic carbocycles. The molecule has 4 heteroatoms. The standard InChI is InChI=1S/C14H19NO3/c15-13(9-10-5-7-11(16)8-6-10)14(17)18-12-3-1-2-4-12/h5-8,12-13,16H,1-4,9,15H2/t13-/m0/s1. The fraction of sp³-hybridized carbons (Fsp3) is 0.500. The van der Waals surface area contributed by atoms with Gasteiger partial charge in [-0.25, -0.2) is 0 Å². The number of ether oxygens (including phenoxy) is 1. The summed E-state index contributed by atoms with van der Waals surface area (Å²) in [7, 11) is 0. The summed E-state index contributed by atoms with van der Waals surface area (Å²) < 4.78 is 5.36. The van der Waals surface area contributed by atoms with Gasteiger partial charge in [0.25, 0.3) is 0 Å². The van der Waals surface area contributed by atoms with Crippen LogP contribution in [0.2, 0.25) is 0 Å². The average molecular weight is 249 g/mol. The van der Waals surface area contributed by atoms with E-state index in [9.17, 15) is 4.79 Å². The molecule has 0 spiro atoms. The smallest absolute Gasteiger partial charge is 0.323 e. The van der Waals surface area contributed by atoms with Crippen molar-refractivity contribution in [1.82, 2.24) is 0 Å². The Morgan fingerprint density at radius 3 is 2.56 bits per heavy atom. The van der Waals surface area contributed by atoms with Gasteiger partial charge in [-0.05, 0) is 49.8 Å². The highest BCUT2D eigenvalue weighted by atomic mass is 16.5. The van der Waals surface area contributed by atoms with Crippen LogP contribution >= 0.6 is 0 Å². The summed E-state index contributed by atoms with van der Waals surface area (Å²) in [6.07, 6.45) is 4.67. The minimum Gasteiger partial charge on any atom is -0.508 e. The van der Waals surface area contributed by atoms with Crippen molar-refractivity contribution in [2.24, 2.45) is 5.73 Å². The van der Waals surface area contributed by atoms with Crippen LogP contribution in [0.15, 0.2) is 24.3 Å². The van der Waals surface area contributed by atoms with Crippen molar-refractivity contribution in [3.8, 4) is 5.75 Å². The van der Waals surface area contributed by atoms with Crippen LogP contribution in [0.5, 0.6) is 5.75 Å². The van der Waals surface area contributed by atoms with Gasteiger partial charge in [0, 0.05) is 0 Å². The molecule has 1 fully saturated rings. The SMILES string of the molecule is N[C@@H](Cc1ccc(O)cc1)C(=O)OC1CCCC1. The molecule has 1 aliphatic carbocycles. The second-order valence-electron chi connectivity index (χ2n) is 4.82. The Hall–Kier alpha value is -1.55. The third-order valence-corrected chi connectivity index (χ3v) is 3.28. The van der Waals surface area contributed by atoms with Crippen LogP contribution in [0.4, 0.5) is 0 Å². The van der Waals surface area contributed by atoms with E-state index in [1.165, 1.54) is 0 Å². The van der Waals surface area contributed by atoms with Crippen molar-refractivity contribution >= 4 is 5.97 Å². The number of carbonyl (C=O) groups is 1. The number of rotatable bonds is 4. The van der Waals surface area contributed by atoms with Crippen LogP contribution in [-0.2, 0) is 16.0 Å². The largest absolute Gasteiger partial charge is 0.508 e. The van der Waals surface area contributed by atoms with E-state index >= 15 is 0 Å². The molecule has 18 heavy (non-hydrogen) atoms. The molecule has 1 aliphatic rings. The molecule has 0 amide bonds. The van der Waals surface area contributed by atoms with Gasteiger partial charge in [0.1, 0.15) is 17.9 Å². The minimum atomic E-state index is -0.629. The van der Waals surface area contributed by atoms with Crippen LogP contribution in [0.1, 0.15) is 31.2 Å². The number of hydrogen-bond acceptors (Lipinski definition) is 4. The number of nitrogens with two attached hydrogens (primary N) is 1. The normalized spacial score (nSPS) is 17.6. The van der Waals surface area contributed by atoms with Gasteiger partial charge in [-0.3, -0.25) is 4.79 Å². The van der Waals surface area contributed by atoms with Crippen LogP contribution in [0.3, 0.4) is 0 Å². The van der Waals surface area contributed by atoms with Gasteiger partial charge in [0.2, 0.25) is 0 Å². The zero-order valence-corrected chi connectivity index (χ0v) is 10.3. The summed E-state index contributed by atoms with van der Waals surface area (Å²) in [4.78, 5) is 11.8. The Kier molecular flexibility index (Phi) is 4.20. The molecule has 4 nitrogen and oxygen atoms in total. The number of phenols is 1. The van der Waals surface area contributed by atoms with Gasteiger partial charge >= 0.3 is 5.97 Å².